The Bertz CT molecular complexity index is 1220. The molecule has 0 atom stereocenters. The highest BCUT2D eigenvalue weighted by atomic mass is 19.1. The number of rotatable bonds is 7. The Kier molecular flexibility index (Phi) is 6.13. The number of ether oxygens (including phenoxy) is 2. The molecule has 3 aromatic carbocycles. The van der Waals surface area contributed by atoms with Gasteiger partial charge in [-0.15, -0.1) is 0 Å². The third kappa shape index (κ3) is 4.17. The topological polar surface area (TPSA) is 59.1 Å². The molecule has 0 aromatic heterocycles. The number of carbonyl (C=O) groups excluding carboxylic acids is 2. The van der Waals surface area contributed by atoms with Crippen LogP contribution in [0.15, 0.2) is 78.5 Å². The number of nitrogens with zero attached hydrogens (tertiary/aromatic N) is 2. The third-order valence-corrected chi connectivity index (χ3v) is 5.46. The van der Waals surface area contributed by atoms with Crippen molar-refractivity contribution in [3.8, 4) is 11.5 Å². The Labute approximate surface area is 191 Å². The van der Waals surface area contributed by atoms with Gasteiger partial charge in [0.05, 0.1) is 25.5 Å². The molecule has 0 radical (unpaired) electrons. The maximum absolute atomic E-state index is 13.6. The Morgan fingerprint density at radius 3 is 2.15 bits per heavy atom. The molecule has 33 heavy (non-hydrogen) atoms. The summed E-state index contributed by atoms with van der Waals surface area (Å²) in [5.41, 5.74) is 2.29. The Hall–Kier alpha value is -4.13. The van der Waals surface area contributed by atoms with Crippen LogP contribution in [0.4, 0.5) is 10.1 Å². The molecule has 7 heteroatoms. The molecule has 0 fully saturated rings. The van der Waals surface area contributed by atoms with Crippen LogP contribution >= 0.6 is 0 Å². The molecule has 1 aliphatic heterocycles. The minimum Gasteiger partial charge on any atom is -0.493 e. The second kappa shape index (κ2) is 9.16. The van der Waals surface area contributed by atoms with Gasteiger partial charge in [-0.2, -0.15) is 0 Å². The van der Waals surface area contributed by atoms with Crippen molar-refractivity contribution in [2.24, 2.45) is 0 Å². The number of hydrogen-bond donors (Lipinski definition) is 0. The summed E-state index contributed by atoms with van der Waals surface area (Å²) in [5, 5.41) is 0. The van der Waals surface area contributed by atoms with E-state index in [-0.39, 0.29) is 11.3 Å². The SMILES string of the molecule is COc1ccc(C2=C(N(C)Cc3ccccc3)C(=O)N(c3ccc(F)cc3)C2=O)cc1OC. The molecule has 1 aliphatic rings. The van der Waals surface area contributed by atoms with Crippen molar-refractivity contribution in [3.63, 3.8) is 0 Å². The summed E-state index contributed by atoms with van der Waals surface area (Å²) in [6.45, 7) is 0.420. The molecular formula is C26H23FN2O4. The lowest BCUT2D eigenvalue weighted by Crippen LogP contribution is -2.34. The minimum absolute atomic E-state index is 0.240. The first kappa shape index (κ1) is 22.1. The Balaban J connectivity index is 1.83. The number of likely N-dealkylation sites (N-methyl/N-ethyl adjacent to an activating group) is 1. The van der Waals surface area contributed by atoms with Crippen LogP contribution in [0.2, 0.25) is 0 Å². The van der Waals surface area contributed by atoms with Crippen molar-refractivity contribution in [1.82, 2.24) is 4.90 Å². The molecule has 1 heterocycles. The van der Waals surface area contributed by atoms with E-state index in [1.165, 1.54) is 38.5 Å². The lowest BCUT2D eigenvalue weighted by atomic mass is 10.0. The fourth-order valence-corrected chi connectivity index (χ4v) is 3.89. The van der Waals surface area contributed by atoms with E-state index in [0.29, 0.717) is 29.3 Å². The number of halogens is 1. The smallest absolute Gasteiger partial charge is 0.282 e. The third-order valence-electron chi connectivity index (χ3n) is 5.46. The van der Waals surface area contributed by atoms with Gasteiger partial charge < -0.3 is 14.4 Å². The van der Waals surface area contributed by atoms with Crippen molar-refractivity contribution < 1.29 is 23.5 Å². The minimum atomic E-state index is -0.492. The van der Waals surface area contributed by atoms with Crippen LogP contribution in [-0.4, -0.2) is 38.0 Å². The first-order valence-corrected chi connectivity index (χ1v) is 10.3. The van der Waals surface area contributed by atoms with E-state index >= 15 is 0 Å². The van der Waals surface area contributed by atoms with Gasteiger partial charge in [0.15, 0.2) is 11.5 Å². The number of anilines is 1. The molecule has 0 saturated heterocycles. The second-order valence-corrected chi connectivity index (χ2v) is 7.56. The fourth-order valence-electron chi connectivity index (χ4n) is 3.89. The number of benzene rings is 3. The van der Waals surface area contributed by atoms with E-state index in [2.05, 4.69) is 0 Å². The van der Waals surface area contributed by atoms with Gasteiger partial charge in [0, 0.05) is 13.6 Å². The van der Waals surface area contributed by atoms with Gasteiger partial charge >= 0.3 is 0 Å². The average Bonchev–Trinajstić information content (AvgIpc) is 3.09. The number of hydrogen-bond acceptors (Lipinski definition) is 5. The van der Waals surface area contributed by atoms with Gasteiger partial charge in [-0.25, -0.2) is 9.29 Å². The van der Waals surface area contributed by atoms with Crippen LogP contribution in [0.5, 0.6) is 11.5 Å². The van der Waals surface area contributed by atoms with E-state index in [0.717, 1.165) is 10.5 Å². The van der Waals surface area contributed by atoms with E-state index in [4.69, 9.17) is 9.47 Å². The summed E-state index contributed by atoms with van der Waals surface area (Å²) in [4.78, 5) is 30.0. The van der Waals surface area contributed by atoms with Crippen LogP contribution in [0, 0.1) is 5.82 Å². The first-order valence-electron chi connectivity index (χ1n) is 10.3. The predicted octanol–water partition coefficient (Wildman–Crippen LogP) is 4.26. The molecule has 0 unspecified atom stereocenters. The van der Waals surface area contributed by atoms with Crippen LogP contribution in [0.3, 0.4) is 0 Å². The number of carbonyl (C=O) groups is 2. The van der Waals surface area contributed by atoms with Crippen molar-refractivity contribution in [1.29, 1.82) is 0 Å². The maximum atomic E-state index is 13.6. The molecule has 2 amide bonds. The van der Waals surface area contributed by atoms with Gasteiger partial charge in [-0.05, 0) is 47.5 Å². The number of imide groups is 1. The monoisotopic (exact) mass is 446 g/mol. The first-order chi connectivity index (χ1) is 15.9. The molecule has 0 spiro atoms. The standard InChI is InChI=1S/C26H23FN2O4/c1-28(16-17-7-5-4-6-8-17)24-23(18-9-14-21(32-2)22(15-18)33-3)25(30)29(26(24)31)20-12-10-19(27)11-13-20/h4-15H,16H2,1-3H3. The molecule has 0 saturated carbocycles. The highest BCUT2D eigenvalue weighted by Crippen LogP contribution is 2.38. The fraction of sp³-hybridized carbons (Fsp3) is 0.154. The summed E-state index contributed by atoms with van der Waals surface area (Å²) in [5.74, 6) is -0.475. The summed E-state index contributed by atoms with van der Waals surface area (Å²) in [6.07, 6.45) is 0. The van der Waals surface area contributed by atoms with Gasteiger partial charge in [0.25, 0.3) is 11.8 Å². The lowest BCUT2D eigenvalue weighted by molar-refractivity contribution is -0.120. The molecule has 6 nitrogen and oxygen atoms in total. The maximum Gasteiger partial charge on any atom is 0.282 e. The van der Waals surface area contributed by atoms with Gasteiger partial charge in [-0.3, -0.25) is 9.59 Å². The van der Waals surface area contributed by atoms with Crippen LogP contribution < -0.4 is 14.4 Å². The normalized spacial score (nSPS) is 13.5. The molecule has 3 aromatic rings. The highest BCUT2D eigenvalue weighted by molar-refractivity contribution is 6.45. The van der Waals surface area contributed by atoms with Crippen LogP contribution in [-0.2, 0) is 16.1 Å². The summed E-state index contributed by atoms with van der Waals surface area (Å²) in [7, 11) is 4.80. The quantitative estimate of drug-likeness (QED) is 0.508. The zero-order valence-electron chi connectivity index (χ0n) is 18.5. The molecule has 0 N–H and O–H groups in total. The zero-order valence-corrected chi connectivity index (χ0v) is 18.5. The molecule has 168 valence electrons. The van der Waals surface area contributed by atoms with Crippen molar-refractivity contribution in [2.75, 3.05) is 26.2 Å². The number of methoxy groups -OCH3 is 2. The summed E-state index contributed by atoms with van der Waals surface area (Å²) in [6, 6.07) is 20.0. The summed E-state index contributed by atoms with van der Waals surface area (Å²) >= 11 is 0. The molecule has 0 aliphatic carbocycles. The van der Waals surface area contributed by atoms with Gasteiger partial charge in [0.1, 0.15) is 11.5 Å². The molecular weight excluding hydrogens is 423 g/mol. The van der Waals surface area contributed by atoms with Gasteiger partial charge in [-0.1, -0.05) is 36.4 Å². The molecule has 0 bridgehead atoms. The van der Waals surface area contributed by atoms with Crippen molar-refractivity contribution in [3.05, 3.63) is 95.4 Å². The van der Waals surface area contributed by atoms with E-state index in [9.17, 15) is 14.0 Å². The van der Waals surface area contributed by atoms with Gasteiger partial charge in [0.2, 0.25) is 0 Å². The zero-order chi connectivity index (χ0) is 23.5. The largest absolute Gasteiger partial charge is 0.493 e. The highest BCUT2D eigenvalue weighted by Gasteiger charge is 2.42. The Morgan fingerprint density at radius 2 is 1.52 bits per heavy atom. The lowest BCUT2D eigenvalue weighted by Gasteiger charge is -2.21. The number of amides is 2. The average molecular weight is 446 g/mol. The summed E-state index contributed by atoms with van der Waals surface area (Å²) < 4.78 is 24.2. The molecule has 4 rings (SSSR count). The van der Waals surface area contributed by atoms with Crippen LogP contribution in [0.1, 0.15) is 11.1 Å². The van der Waals surface area contributed by atoms with E-state index < -0.39 is 17.6 Å². The van der Waals surface area contributed by atoms with E-state index in [1.807, 2.05) is 30.3 Å². The predicted molar refractivity (Wildman–Crippen MR) is 123 cm³/mol. The van der Waals surface area contributed by atoms with Crippen molar-refractivity contribution >= 4 is 23.1 Å². The Morgan fingerprint density at radius 1 is 0.848 bits per heavy atom. The second-order valence-electron chi connectivity index (χ2n) is 7.56. The van der Waals surface area contributed by atoms with Crippen molar-refractivity contribution in [2.45, 2.75) is 6.54 Å². The van der Waals surface area contributed by atoms with Crippen LogP contribution in [0.25, 0.3) is 5.57 Å². The van der Waals surface area contributed by atoms with E-state index in [1.54, 1.807) is 30.1 Å².